The van der Waals surface area contributed by atoms with Crippen molar-refractivity contribution in [3.8, 4) is 0 Å². The first-order valence-corrected chi connectivity index (χ1v) is 5.30. The van der Waals surface area contributed by atoms with E-state index in [9.17, 15) is 19.7 Å². The summed E-state index contributed by atoms with van der Waals surface area (Å²) >= 11 is 0. The van der Waals surface area contributed by atoms with Crippen LogP contribution >= 0.6 is 0 Å². The average molecular weight is 264 g/mol. The van der Waals surface area contributed by atoms with Crippen LogP contribution in [0.15, 0.2) is 24.5 Å². The molecule has 7 heteroatoms. The number of hydrogen-bond donors (Lipinski definition) is 1. The van der Waals surface area contributed by atoms with E-state index < -0.39 is 10.9 Å². The first-order valence-electron chi connectivity index (χ1n) is 5.30. The standard InChI is InChI=1S/C12H12N2O5/c1-8(15)13-12-7-11(14(17)18)4-3-10(12)5-6-19-9(2)16/h3-7H,1-2H3,(H,13,15)/b6-5+. The molecule has 1 rings (SSSR count). The molecule has 7 nitrogen and oxygen atoms in total. The van der Waals surface area contributed by atoms with Gasteiger partial charge in [0, 0.05) is 31.5 Å². The fourth-order valence-corrected chi connectivity index (χ4v) is 1.30. The number of rotatable bonds is 4. The predicted molar refractivity (Wildman–Crippen MR) is 68.2 cm³/mol. The molecule has 100 valence electrons. The van der Waals surface area contributed by atoms with Gasteiger partial charge in [-0.3, -0.25) is 19.7 Å². The lowest BCUT2D eigenvalue weighted by Crippen LogP contribution is -2.07. The number of esters is 1. The number of benzene rings is 1. The third-order valence-corrected chi connectivity index (χ3v) is 2.04. The van der Waals surface area contributed by atoms with E-state index in [4.69, 9.17) is 0 Å². The van der Waals surface area contributed by atoms with Crippen LogP contribution in [0.25, 0.3) is 6.08 Å². The van der Waals surface area contributed by atoms with Crippen molar-refractivity contribution < 1.29 is 19.2 Å². The van der Waals surface area contributed by atoms with E-state index in [1.807, 2.05) is 0 Å². The molecule has 0 bridgehead atoms. The molecule has 0 aliphatic carbocycles. The summed E-state index contributed by atoms with van der Waals surface area (Å²) in [6, 6.07) is 3.97. The number of nitro groups is 1. The predicted octanol–water partition coefficient (Wildman–Crippen LogP) is 2.09. The Morgan fingerprint density at radius 3 is 2.58 bits per heavy atom. The maximum Gasteiger partial charge on any atom is 0.307 e. The first-order chi connectivity index (χ1) is 8.90. The molecule has 0 saturated heterocycles. The van der Waals surface area contributed by atoms with Gasteiger partial charge in [-0.1, -0.05) is 0 Å². The van der Waals surface area contributed by atoms with Gasteiger partial charge in [-0.05, 0) is 12.1 Å². The summed E-state index contributed by atoms with van der Waals surface area (Å²) in [6.07, 6.45) is 2.57. The van der Waals surface area contributed by atoms with Gasteiger partial charge in [0.05, 0.1) is 16.9 Å². The molecule has 0 fully saturated rings. The molecule has 0 aromatic heterocycles. The number of anilines is 1. The van der Waals surface area contributed by atoms with Crippen molar-refractivity contribution in [2.24, 2.45) is 0 Å². The van der Waals surface area contributed by atoms with Crippen LogP contribution in [0.4, 0.5) is 11.4 Å². The molecule has 19 heavy (non-hydrogen) atoms. The van der Waals surface area contributed by atoms with Crippen molar-refractivity contribution in [1.82, 2.24) is 0 Å². The topological polar surface area (TPSA) is 98.5 Å². The third kappa shape index (κ3) is 4.58. The Kier molecular flexibility index (Phi) is 4.76. The maximum absolute atomic E-state index is 11.0. The van der Waals surface area contributed by atoms with Crippen LogP contribution in [-0.4, -0.2) is 16.8 Å². The highest BCUT2D eigenvalue weighted by atomic mass is 16.6. The Labute approximate surface area is 109 Å². The quantitative estimate of drug-likeness (QED) is 0.388. The van der Waals surface area contributed by atoms with E-state index >= 15 is 0 Å². The van der Waals surface area contributed by atoms with E-state index in [-0.39, 0.29) is 17.3 Å². The zero-order valence-electron chi connectivity index (χ0n) is 10.4. The number of ether oxygens (including phenoxy) is 1. The van der Waals surface area contributed by atoms with Gasteiger partial charge in [0.25, 0.3) is 5.69 Å². The highest BCUT2D eigenvalue weighted by molar-refractivity contribution is 5.91. The Morgan fingerprint density at radius 2 is 2.05 bits per heavy atom. The minimum Gasteiger partial charge on any atom is -0.435 e. The number of nitro benzene ring substituents is 1. The molecule has 1 aromatic rings. The Balaban J connectivity index is 3.08. The van der Waals surface area contributed by atoms with E-state index in [2.05, 4.69) is 10.1 Å². The van der Waals surface area contributed by atoms with Crippen LogP contribution in [0.5, 0.6) is 0 Å². The smallest absolute Gasteiger partial charge is 0.307 e. The molecule has 1 amide bonds. The summed E-state index contributed by atoms with van der Waals surface area (Å²) in [5, 5.41) is 13.1. The Morgan fingerprint density at radius 1 is 1.37 bits per heavy atom. The normalized spacial score (nSPS) is 10.2. The van der Waals surface area contributed by atoms with Crippen LogP contribution < -0.4 is 5.32 Å². The average Bonchev–Trinajstić information content (AvgIpc) is 2.29. The zero-order valence-corrected chi connectivity index (χ0v) is 10.4. The Hall–Kier alpha value is -2.70. The van der Waals surface area contributed by atoms with Crippen LogP contribution in [0.1, 0.15) is 19.4 Å². The fourth-order valence-electron chi connectivity index (χ4n) is 1.30. The Bertz CT molecular complexity index is 551. The summed E-state index contributed by atoms with van der Waals surface area (Å²) < 4.78 is 4.62. The zero-order chi connectivity index (χ0) is 14.4. The van der Waals surface area contributed by atoms with Gasteiger partial charge < -0.3 is 10.1 Å². The van der Waals surface area contributed by atoms with Gasteiger partial charge in [0.1, 0.15) is 0 Å². The molecule has 0 atom stereocenters. The van der Waals surface area contributed by atoms with Crippen molar-refractivity contribution >= 4 is 29.3 Å². The molecule has 0 aliphatic rings. The lowest BCUT2D eigenvalue weighted by atomic mass is 10.1. The van der Waals surface area contributed by atoms with Gasteiger partial charge in [0.2, 0.25) is 5.91 Å². The van der Waals surface area contributed by atoms with E-state index in [1.165, 1.54) is 38.1 Å². The number of carbonyl (C=O) groups excluding carboxylic acids is 2. The van der Waals surface area contributed by atoms with E-state index in [1.54, 1.807) is 0 Å². The SMILES string of the molecule is CC(=O)Nc1cc([N+](=O)[O-])ccc1/C=C/OC(C)=O. The highest BCUT2D eigenvalue weighted by Crippen LogP contribution is 2.23. The summed E-state index contributed by atoms with van der Waals surface area (Å²) in [5.74, 6) is -0.845. The molecule has 0 spiro atoms. The van der Waals surface area contributed by atoms with E-state index in [0.29, 0.717) is 5.56 Å². The van der Waals surface area contributed by atoms with Crippen molar-refractivity contribution in [2.45, 2.75) is 13.8 Å². The third-order valence-electron chi connectivity index (χ3n) is 2.04. The largest absolute Gasteiger partial charge is 0.435 e. The number of non-ortho nitro benzene ring substituents is 1. The minimum atomic E-state index is -0.565. The molecular formula is C12H12N2O5. The molecule has 1 aromatic carbocycles. The summed E-state index contributed by atoms with van der Waals surface area (Å²) in [4.78, 5) is 31.7. The van der Waals surface area contributed by atoms with Gasteiger partial charge in [-0.2, -0.15) is 0 Å². The monoisotopic (exact) mass is 264 g/mol. The lowest BCUT2D eigenvalue weighted by Gasteiger charge is -2.06. The van der Waals surface area contributed by atoms with Crippen molar-refractivity contribution in [3.63, 3.8) is 0 Å². The van der Waals surface area contributed by atoms with Crippen LogP contribution in [0.3, 0.4) is 0 Å². The molecule has 0 heterocycles. The van der Waals surface area contributed by atoms with E-state index in [0.717, 1.165) is 6.26 Å². The maximum atomic E-state index is 11.0. The van der Waals surface area contributed by atoms with Gasteiger partial charge in [0.15, 0.2) is 0 Å². The summed E-state index contributed by atoms with van der Waals surface area (Å²) in [5.41, 5.74) is 0.612. The minimum absolute atomic E-state index is 0.145. The fraction of sp³-hybridized carbons (Fsp3) is 0.167. The molecular weight excluding hydrogens is 252 g/mol. The number of amides is 1. The summed E-state index contributed by atoms with van der Waals surface area (Å²) in [7, 11) is 0. The second kappa shape index (κ2) is 6.29. The number of carbonyl (C=O) groups is 2. The second-order valence-corrected chi connectivity index (χ2v) is 3.62. The molecule has 0 unspecified atom stereocenters. The molecule has 1 N–H and O–H groups in total. The molecule has 0 saturated carbocycles. The molecule has 0 aliphatic heterocycles. The number of hydrogen-bond acceptors (Lipinski definition) is 5. The van der Waals surface area contributed by atoms with Gasteiger partial charge >= 0.3 is 5.97 Å². The van der Waals surface area contributed by atoms with Crippen molar-refractivity contribution in [1.29, 1.82) is 0 Å². The van der Waals surface area contributed by atoms with Crippen LogP contribution in [-0.2, 0) is 14.3 Å². The second-order valence-electron chi connectivity index (χ2n) is 3.62. The van der Waals surface area contributed by atoms with Crippen molar-refractivity contribution in [2.75, 3.05) is 5.32 Å². The van der Waals surface area contributed by atoms with Gasteiger partial charge in [-0.15, -0.1) is 0 Å². The number of nitrogens with zero attached hydrogens (tertiary/aromatic N) is 1. The van der Waals surface area contributed by atoms with Gasteiger partial charge in [-0.25, -0.2) is 0 Å². The van der Waals surface area contributed by atoms with Crippen LogP contribution in [0, 0.1) is 10.1 Å². The first kappa shape index (κ1) is 14.4. The van der Waals surface area contributed by atoms with Crippen LogP contribution in [0.2, 0.25) is 0 Å². The summed E-state index contributed by atoms with van der Waals surface area (Å²) in [6.45, 7) is 2.54. The number of nitrogens with one attached hydrogen (secondary N) is 1. The van der Waals surface area contributed by atoms with Crippen molar-refractivity contribution in [3.05, 3.63) is 40.1 Å². The lowest BCUT2D eigenvalue weighted by molar-refractivity contribution is -0.384. The molecule has 0 radical (unpaired) electrons. The highest BCUT2D eigenvalue weighted by Gasteiger charge is 2.10.